The lowest BCUT2D eigenvalue weighted by molar-refractivity contribution is 0.160. The third kappa shape index (κ3) is 2.59. The van der Waals surface area contributed by atoms with Gasteiger partial charge in [0.2, 0.25) is 0 Å². The maximum atomic E-state index is 13.8. The van der Waals surface area contributed by atoms with E-state index in [1.54, 1.807) is 35.9 Å². The Balaban J connectivity index is 1.45. The predicted molar refractivity (Wildman–Crippen MR) is 103 cm³/mol. The van der Waals surface area contributed by atoms with Crippen molar-refractivity contribution in [1.82, 2.24) is 20.2 Å². The summed E-state index contributed by atoms with van der Waals surface area (Å²) in [5, 5.41) is 9.59. The van der Waals surface area contributed by atoms with E-state index in [9.17, 15) is 4.39 Å². The molecule has 1 fully saturated rings. The Hall–Kier alpha value is -2.87. The molecule has 1 aromatic carbocycles. The number of nitrogens with zero attached hydrogens (tertiary/aromatic N) is 5. The number of halogens is 1. The molecular weight excluding hydrogens is 365 g/mol. The third-order valence-corrected chi connectivity index (χ3v) is 5.98. The van der Waals surface area contributed by atoms with E-state index in [2.05, 4.69) is 25.1 Å². The Kier molecular flexibility index (Phi) is 3.68. The van der Waals surface area contributed by atoms with E-state index in [1.165, 1.54) is 6.07 Å². The number of ether oxygens (including phenoxy) is 1. The van der Waals surface area contributed by atoms with Crippen LogP contribution in [0.4, 0.5) is 10.2 Å². The quantitative estimate of drug-likeness (QED) is 0.540. The fourth-order valence-corrected chi connectivity index (χ4v) is 4.45. The van der Waals surface area contributed by atoms with Crippen molar-refractivity contribution >= 4 is 37.6 Å². The van der Waals surface area contributed by atoms with Crippen molar-refractivity contribution in [2.75, 3.05) is 18.0 Å². The van der Waals surface area contributed by atoms with Gasteiger partial charge in [0.1, 0.15) is 23.1 Å². The van der Waals surface area contributed by atoms with E-state index in [0.717, 1.165) is 37.5 Å². The Bertz CT molecular complexity index is 1170. The summed E-state index contributed by atoms with van der Waals surface area (Å²) in [5.41, 5.74) is 2.92. The van der Waals surface area contributed by atoms with E-state index in [1.807, 2.05) is 13.8 Å². The highest BCUT2D eigenvalue weighted by molar-refractivity contribution is 7.26. The van der Waals surface area contributed by atoms with Gasteiger partial charge in [-0.3, -0.25) is 0 Å². The van der Waals surface area contributed by atoms with E-state index >= 15 is 0 Å². The molecule has 6 nitrogen and oxygen atoms in total. The van der Waals surface area contributed by atoms with Crippen LogP contribution in [-0.4, -0.2) is 39.4 Å². The summed E-state index contributed by atoms with van der Waals surface area (Å²) in [6.07, 6.45) is 1.52. The van der Waals surface area contributed by atoms with E-state index in [4.69, 9.17) is 4.74 Å². The van der Waals surface area contributed by atoms with Crippen LogP contribution in [0.15, 0.2) is 30.6 Å². The minimum Gasteiger partial charge on any atom is -0.484 e. The van der Waals surface area contributed by atoms with Gasteiger partial charge in [0, 0.05) is 5.39 Å². The highest BCUT2D eigenvalue weighted by Crippen LogP contribution is 2.39. The smallest absolute Gasteiger partial charge is 0.165 e. The Labute approximate surface area is 158 Å². The Morgan fingerprint density at radius 2 is 1.96 bits per heavy atom. The fraction of sp³-hybridized carbons (Fsp3) is 0.263. The minimum absolute atomic E-state index is 0.0648. The molecule has 4 heterocycles. The van der Waals surface area contributed by atoms with Crippen molar-refractivity contribution in [2.45, 2.75) is 20.0 Å². The molecule has 0 saturated carbocycles. The SMILES string of the molecule is Cc1nnc2sc3c(N4CC(Oc5ccccc5F)C4)ncnc3c2c1C. The van der Waals surface area contributed by atoms with Gasteiger partial charge in [-0.15, -0.1) is 16.4 Å². The maximum absolute atomic E-state index is 13.8. The van der Waals surface area contributed by atoms with Crippen molar-refractivity contribution in [3.8, 4) is 5.75 Å². The number of thiophene rings is 1. The van der Waals surface area contributed by atoms with E-state index < -0.39 is 0 Å². The number of aromatic nitrogens is 4. The summed E-state index contributed by atoms with van der Waals surface area (Å²) in [6, 6.07) is 6.48. The lowest BCUT2D eigenvalue weighted by Crippen LogP contribution is -2.54. The number of hydrogen-bond acceptors (Lipinski definition) is 7. The maximum Gasteiger partial charge on any atom is 0.165 e. The molecule has 0 unspecified atom stereocenters. The van der Waals surface area contributed by atoms with Crippen LogP contribution in [0, 0.1) is 19.7 Å². The second-order valence-electron chi connectivity index (χ2n) is 6.64. The molecule has 0 spiro atoms. The van der Waals surface area contributed by atoms with Crippen molar-refractivity contribution < 1.29 is 9.13 Å². The van der Waals surface area contributed by atoms with Crippen molar-refractivity contribution in [3.05, 3.63) is 47.7 Å². The lowest BCUT2D eigenvalue weighted by Gasteiger charge is -2.39. The van der Waals surface area contributed by atoms with Crippen molar-refractivity contribution in [3.63, 3.8) is 0 Å². The lowest BCUT2D eigenvalue weighted by atomic mass is 10.1. The molecule has 1 aliphatic rings. The Morgan fingerprint density at radius 1 is 1.15 bits per heavy atom. The van der Waals surface area contributed by atoms with Crippen LogP contribution in [-0.2, 0) is 0 Å². The molecule has 8 heteroatoms. The molecule has 4 aromatic rings. The number of para-hydroxylation sites is 1. The summed E-state index contributed by atoms with van der Waals surface area (Å²) in [4.78, 5) is 12.0. The van der Waals surface area contributed by atoms with Crippen LogP contribution < -0.4 is 9.64 Å². The van der Waals surface area contributed by atoms with Gasteiger partial charge in [-0.1, -0.05) is 12.1 Å². The molecule has 0 atom stereocenters. The number of hydrogen-bond donors (Lipinski definition) is 0. The second kappa shape index (κ2) is 6.09. The zero-order chi connectivity index (χ0) is 18.5. The topological polar surface area (TPSA) is 64.0 Å². The third-order valence-electron chi connectivity index (χ3n) is 4.92. The van der Waals surface area contributed by atoms with Crippen LogP contribution in [0.5, 0.6) is 5.75 Å². The molecule has 0 amide bonds. The van der Waals surface area contributed by atoms with Gasteiger partial charge in [-0.2, -0.15) is 5.10 Å². The molecule has 0 radical (unpaired) electrons. The molecule has 1 aliphatic heterocycles. The average molecular weight is 381 g/mol. The largest absolute Gasteiger partial charge is 0.484 e. The van der Waals surface area contributed by atoms with Gasteiger partial charge in [0.15, 0.2) is 11.6 Å². The fourth-order valence-electron chi connectivity index (χ4n) is 3.30. The first kappa shape index (κ1) is 16.3. The van der Waals surface area contributed by atoms with Crippen LogP contribution in [0.3, 0.4) is 0 Å². The number of rotatable bonds is 3. The first-order valence-electron chi connectivity index (χ1n) is 8.65. The van der Waals surface area contributed by atoms with Crippen LogP contribution in [0.25, 0.3) is 20.4 Å². The summed E-state index contributed by atoms with van der Waals surface area (Å²) in [7, 11) is 0. The molecule has 136 valence electrons. The number of fused-ring (bicyclic) bond motifs is 3. The molecule has 1 saturated heterocycles. The average Bonchev–Trinajstić information content (AvgIpc) is 3.02. The highest BCUT2D eigenvalue weighted by Gasteiger charge is 2.32. The zero-order valence-electron chi connectivity index (χ0n) is 14.8. The van der Waals surface area contributed by atoms with Gasteiger partial charge < -0.3 is 9.64 Å². The highest BCUT2D eigenvalue weighted by atomic mass is 32.1. The number of benzene rings is 1. The molecule has 3 aromatic heterocycles. The monoisotopic (exact) mass is 381 g/mol. The normalized spacial score (nSPS) is 14.7. The second-order valence-corrected chi connectivity index (χ2v) is 7.64. The van der Waals surface area contributed by atoms with Crippen molar-refractivity contribution in [1.29, 1.82) is 0 Å². The molecule has 27 heavy (non-hydrogen) atoms. The summed E-state index contributed by atoms with van der Waals surface area (Å²) >= 11 is 1.56. The van der Waals surface area contributed by atoms with Crippen LogP contribution in [0.2, 0.25) is 0 Å². The van der Waals surface area contributed by atoms with Gasteiger partial charge in [-0.25, -0.2) is 14.4 Å². The van der Waals surface area contributed by atoms with Gasteiger partial charge in [0.25, 0.3) is 0 Å². The molecule has 0 N–H and O–H groups in total. The predicted octanol–water partition coefficient (Wildman–Crippen LogP) is 3.66. The number of aryl methyl sites for hydroxylation is 2. The van der Waals surface area contributed by atoms with E-state index in [-0.39, 0.29) is 11.9 Å². The molecule has 0 bridgehead atoms. The van der Waals surface area contributed by atoms with Gasteiger partial charge >= 0.3 is 0 Å². The summed E-state index contributed by atoms with van der Waals surface area (Å²) in [5.74, 6) is 0.820. The van der Waals surface area contributed by atoms with Gasteiger partial charge in [-0.05, 0) is 31.5 Å². The van der Waals surface area contributed by atoms with Crippen LogP contribution in [0.1, 0.15) is 11.3 Å². The zero-order valence-corrected chi connectivity index (χ0v) is 15.6. The summed E-state index contributed by atoms with van der Waals surface area (Å²) in [6.45, 7) is 5.30. The first-order chi connectivity index (χ1) is 13.1. The van der Waals surface area contributed by atoms with Crippen molar-refractivity contribution in [2.24, 2.45) is 0 Å². The molecule has 0 aliphatic carbocycles. The van der Waals surface area contributed by atoms with Gasteiger partial charge in [0.05, 0.1) is 29.0 Å². The van der Waals surface area contributed by atoms with E-state index in [0.29, 0.717) is 18.8 Å². The summed E-state index contributed by atoms with van der Waals surface area (Å²) < 4.78 is 20.5. The Morgan fingerprint density at radius 3 is 2.78 bits per heavy atom. The minimum atomic E-state index is -0.339. The number of anilines is 1. The molecular formula is C19H16FN5OS. The molecule has 5 rings (SSSR count). The first-order valence-corrected chi connectivity index (χ1v) is 9.46. The van der Waals surface area contributed by atoms with Crippen LogP contribution >= 0.6 is 11.3 Å². The standard InChI is InChI=1S/C19H16FN5OS/c1-10-11(2)23-24-19-15(10)16-17(27-19)18(22-9-21-16)25-7-12(8-25)26-14-6-4-3-5-13(14)20/h3-6,9,12H,7-8H2,1-2H3.